The van der Waals surface area contributed by atoms with Crippen LogP contribution in [0.25, 0.3) is 10.6 Å². The molecule has 0 saturated carbocycles. The predicted molar refractivity (Wildman–Crippen MR) is 105 cm³/mol. The van der Waals surface area contributed by atoms with E-state index in [0.29, 0.717) is 16.3 Å². The first-order valence-electron chi connectivity index (χ1n) is 6.67. The summed E-state index contributed by atoms with van der Waals surface area (Å²) in [5.41, 5.74) is 7.57. The van der Waals surface area contributed by atoms with E-state index in [1.165, 1.54) is 6.07 Å². The molecule has 24 heavy (non-hydrogen) atoms. The molecule has 0 aliphatic heterocycles. The van der Waals surface area contributed by atoms with Crippen LogP contribution < -0.4 is 11.1 Å². The molecule has 3 rings (SSSR count). The summed E-state index contributed by atoms with van der Waals surface area (Å²) >= 11 is 6.32. The second-order valence-corrected chi connectivity index (χ2v) is 8.05. The van der Waals surface area contributed by atoms with Crippen LogP contribution in [0.2, 0.25) is 0 Å². The van der Waals surface area contributed by atoms with Crippen LogP contribution in [0.1, 0.15) is 5.56 Å². The molecule has 1 heterocycles. The number of anilines is 3. The molecule has 1 aromatic heterocycles. The Balaban J connectivity index is 2.16. The monoisotopic (exact) mass is 522 g/mol. The maximum Gasteiger partial charge on any atom is 0.203 e. The van der Waals surface area contributed by atoms with Gasteiger partial charge < -0.3 is 11.1 Å². The highest BCUT2D eigenvalue weighted by atomic mass is 127. The van der Waals surface area contributed by atoms with E-state index in [-0.39, 0.29) is 15.3 Å². The first kappa shape index (κ1) is 17.5. The molecule has 124 valence electrons. The Bertz CT molecular complexity index is 932. The highest BCUT2D eigenvalue weighted by molar-refractivity contribution is 14.1. The molecule has 0 spiro atoms. The maximum absolute atomic E-state index is 14.6. The van der Waals surface area contributed by atoms with Gasteiger partial charge in [0.15, 0.2) is 16.6 Å². The number of hydrogen-bond acceptors (Lipinski definition) is 5. The summed E-state index contributed by atoms with van der Waals surface area (Å²) in [4.78, 5) is 0. The molecule has 3 N–H and O–H groups in total. The minimum Gasteiger partial charge on any atom is -0.374 e. The Morgan fingerprint density at radius 2 is 1.96 bits per heavy atom. The van der Waals surface area contributed by atoms with Crippen molar-refractivity contribution in [2.45, 2.75) is 6.92 Å². The number of hydrogen-bond donors (Lipinski definition) is 2. The lowest BCUT2D eigenvalue weighted by Gasteiger charge is -2.15. The summed E-state index contributed by atoms with van der Waals surface area (Å²) in [6, 6.07) is 7.10. The van der Waals surface area contributed by atoms with E-state index in [0.717, 1.165) is 20.5 Å². The average molecular weight is 523 g/mol. The molecule has 0 fully saturated rings. The van der Waals surface area contributed by atoms with E-state index in [9.17, 15) is 8.78 Å². The maximum atomic E-state index is 14.6. The van der Waals surface area contributed by atoms with Crippen LogP contribution in [0, 0.1) is 22.1 Å². The SMILES string of the molecule is Cc1cc(I)ccc1Nc1c(-c2nnc(N)s2)cc(Br)c(F)c1F. The number of halogens is 4. The topological polar surface area (TPSA) is 63.8 Å². The van der Waals surface area contributed by atoms with Crippen molar-refractivity contribution in [2.24, 2.45) is 0 Å². The van der Waals surface area contributed by atoms with E-state index in [4.69, 9.17) is 5.73 Å². The molecule has 4 nitrogen and oxygen atoms in total. The summed E-state index contributed by atoms with van der Waals surface area (Å²) in [6.45, 7) is 1.89. The summed E-state index contributed by atoms with van der Waals surface area (Å²) in [6.07, 6.45) is 0. The second kappa shape index (κ2) is 6.89. The third-order valence-electron chi connectivity index (χ3n) is 3.28. The van der Waals surface area contributed by atoms with Crippen LogP contribution in [0.5, 0.6) is 0 Å². The van der Waals surface area contributed by atoms with Crippen molar-refractivity contribution >= 4 is 66.4 Å². The van der Waals surface area contributed by atoms with Crippen molar-refractivity contribution in [1.29, 1.82) is 0 Å². The van der Waals surface area contributed by atoms with Crippen molar-refractivity contribution in [3.05, 3.63) is 49.5 Å². The van der Waals surface area contributed by atoms with Gasteiger partial charge in [0.05, 0.1) is 10.2 Å². The molecule has 0 aliphatic carbocycles. The predicted octanol–water partition coefficient (Wildman–Crippen LogP) is 5.48. The zero-order valence-electron chi connectivity index (χ0n) is 12.2. The fourth-order valence-electron chi connectivity index (χ4n) is 2.13. The Kier molecular flexibility index (Phi) is 5.02. The van der Waals surface area contributed by atoms with Gasteiger partial charge in [0.1, 0.15) is 0 Å². The van der Waals surface area contributed by atoms with Gasteiger partial charge in [-0.05, 0) is 75.3 Å². The standard InChI is InChI=1S/C15H10BrF2IN4S/c1-6-4-7(19)2-3-10(6)21-13-8(14-22-23-15(20)24-14)5-9(16)11(17)12(13)18/h2-5,21H,1H3,(H2,20,23). The highest BCUT2D eigenvalue weighted by Crippen LogP contribution is 2.39. The third kappa shape index (κ3) is 3.38. The Morgan fingerprint density at radius 1 is 1.21 bits per heavy atom. The van der Waals surface area contributed by atoms with Gasteiger partial charge in [-0.3, -0.25) is 0 Å². The number of nitrogens with two attached hydrogens (primary N) is 1. The van der Waals surface area contributed by atoms with Gasteiger partial charge in [-0.15, -0.1) is 10.2 Å². The highest BCUT2D eigenvalue weighted by Gasteiger charge is 2.21. The van der Waals surface area contributed by atoms with Crippen LogP contribution in [-0.4, -0.2) is 10.2 Å². The van der Waals surface area contributed by atoms with Crippen LogP contribution in [-0.2, 0) is 0 Å². The second-order valence-electron chi connectivity index (χ2n) is 4.94. The van der Waals surface area contributed by atoms with Crippen molar-refractivity contribution in [2.75, 3.05) is 11.1 Å². The van der Waals surface area contributed by atoms with Gasteiger partial charge in [-0.25, -0.2) is 8.78 Å². The zero-order valence-corrected chi connectivity index (χ0v) is 16.8. The Morgan fingerprint density at radius 3 is 2.58 bits per heavy atom. The number of rotatable bonds is 3. The van der Waals surface area contributed by atoms with Crippen molar-refractivity contribution < 1.29 is 8.78 Å². The molecule has 3 aromatic rings. The smallest absolute Gasteiger partial charge is 0.203 e. The molecule has 0 radical (unpaired) electrons. The largest absolute Gasteiger partial charge is 0.374 e. The van der Waals surface area contributed by atoms with E-state index >= 15 is 0 Å². The number of nitrogen functional groups attached to an aromatic ring is 1. The minimum absolute atomic E-state index is 0.00356. The van der Waals surface area contributed by atoms with Crippen LogP contribution in [0.15, 0.2) is 28.7 Å². The molecular weight excluding hydrogens is 513 g/mol. The first-order chi connectivity index (χ1) is 11.4. The van der Waals surface area contributed by atoms with E-state index < -0.39 is 11.6 Å². The molecule has 0 bridgehead atoms. The normalized spacial score (nSPS) is 10.9. The summed E-state index contributed by atoms with van der Waals surface area (Å²) < 4.78 is 29.7. The molecule has 9 heteroatoms. The Labute approximate surface area is 162 Å². The lowest BCUT2D eigenvalue weighted by atomic mass is 10.1. The fraction of sp³-hybridized carbons (Fsp3) is 0.0667. The molecule has 0 saturated heterocycles. The van der Waals surface area contributed by atoms with Crippen LogP contribution >= 0.6 is 49.9 Å². The van der Waals surface area contributed by atoms with Gasteiger partial charge in [-0.1, -0.05) is 11.3 Å². The number of nitrogens with one attached hydrogen (secondary N) is 1. The number of nitrogens with zero attached hydrogens (tertiary/aromatic N) is 2. The third-order valence-corrected chi connectivity index (χ3v) is 5.32. The molecule has 2 aromatic carbocycles. The lowest BCUT2D eigenvalue weighted by Crippen LogP contribution is -2.02. The van der Waals surface area contributed by atoms with Gasteiger partial charge >= 0.3 is 0 Å². The van der Waals surface area contributed by atoms with E-state index in [1.807, 2.05) is 25.1 Å². The van der Waals surface area contributed by atoms with Crippen LogP contribution in [0.4, 0.5) is 25.3 Å². The van der Waals surface area contributed by atoms with Gasteiger partial charge in [0.25, 0.3) is 0 Å². The van der Waals surface area contributed by atoms with Crippen molar-refractivity contribution in [3.8, 4) is 10.6 Å². The van der Waals surface area contributed by atoms with Crippen molar-refractivity contribution in [1.82, 2.24) is 10.2 Å². The zero-order chi connectivity index (χ0) is 17.4. The van der Waals surface area contributed by atoms with Gasteiger partial charge in [0, 0.05) is 14.8 Å². The minimum atomic E-state index is -0.994. The summed E-state index contributed by atoms with van der Waals surface area (Å²) in [7, 11) is 0. The number of aromatic nitrogens is 2. The van der Waals surface area contributed by atoms with Gasteiger partial charge in [-0.2, -0.15) is 0 Å². The quantitative estimate of drug-likeness (QED) is 0.353. The molecule has 0 aliphatic rings. The average Bonchev–Trinajstić information content (AvgIpc) is 2.96. The number of aryl methyl sites for hydroxylation is 1. The lowest BCUT2D eigenvalue weighted by molar-refractivity contribution is 0.507. The van der Waals surface area contributed by atoms with E-state index in [2.05, 4.69) is 54.0 Å². The van der Waals surface area contributed by atoms with E-state index in [1.54, 1.807) is 0 Å². The summed E-state index contributed by atoms with van der Waals surface area (Å²) in [5.74, 6) is -1.96. The Hall–Kier alpha value is -1.33. The number of benzene rings is 2. The first-order valence-corrected chi connectivity index (χ1v) is 9.35. The molecule has 0 unspecified atom stereocenters. The van der Waals surface area contributed by atoms with Crippen molar-refractivity contribution in [3.63, 3.8) is 0 Å². The van der Waals surface area contributed by atoms with Gasteiger partial charge in [0.2, 0.25) is 5.13 Å². The fourth-order valence-corrected chi connectivity index (χ4v) is 3.81. The molecule has 0 amide bonds. The molecular formula is C15H10BrF2IN4S. The van der Waals surface area contributed by atoms with Crippen LogP contribution in [0.3, 0.4) is 0 Å². The molecule has 0 atom stereocenters. The summed E-state index contributed by atoms with van der Waals surface area (Å²) in [5, 5.41) is 11.3.